The van der Waals surface area contributed by atoms with Gasteiger partial charge >= 0.3 is 0 Å². The van der Waals surface area contributed by atoms with Gasteiger partial charge in [-0.15, -0.1) is 10.2 Å². The smallest absolute Gasteiger partial charge is 0.233 e. The number of piperidine rings is 1. The van der Waals surface area contributed by atoms with Gasteiger partial charge in [-0.05, 0) is 50.8 Å². The SMILES string of the molecule is CC1CCCC(C)N1C(=O)CSc1nnc(-c2cccnc2)n1Cc1ccccc1. The van der Waals surface area contributed by atoms with E-state index in [4.69, 9.17) is 0 Å². The quantitative estimate of drug-likeness (QED) is 0.556. The number of hydrogen-bond donors (Lipinski definition) is 0. The van der Waals surface area contributed by atoms with Crippen LogP contribution in [0.5, 0.6) is 0 Å². The van der Waals surface area contributed by atoms with Gasteiger partial charge in [0, 0.05) is 30.0 Å². The van der Waals surface area contributed by atoms with Crippen molar-refractivity contribution in [2.24, 2.45) is 0 Å². The number of carbonyl (C=O) groups is 1. The van der Waals surface area contributed by atoms with Crippen LogP contribution in [-0.4, -0.2) is 48.4 Å². The van der Waals surface area contributed by atoms with Crippen molar-refractivity contribution in [1.29, 1.82) is 0 Å². The minimum atomic E-state index is 0.178. The number of carbonyl (C=O) groups excluding carboxylic acids is 1. The van der Waals surface area contributed by atoms with Gasteiger partial charge in [0.1, 0.15) is 0 Å². The van der Waals surface area contributed by atoms with Crippen molar-refractivity contribution in [3.63, 3.8) is 0 Å². The van der Waals surface area contributed by atoms with E-state index < -0.39 is 0 Å². The maximum Gasteiger partial charge on any atom is 0.233 e. The predicted molar refractivity (Wildman–Crippen MR) is 119 cm³/mol. The lowest BCUT2D eigenvalue weighted by molar-refractivity contribution is -0.134. The summed E-state index contributed by atoms with van der Waals surface area (Å²) >= 11 is 1.47. The molecule has 0 saturated carbocycles. The van der Waals surface area contributed by atoms with E-state index >= 15 is 0 Å². The predicted octanol–water partition coefficient (Wildman–Crippen LogP) is 4.27. The van der Waals surface area contributed by atoms with Crippen LogP contribution in [0, 0.1) is 0 Å². The first-order valence-corrected chi connectivity index (χ1v) is 11.4. The van der Waals surface area contributed by atoms with Gasteiger partial charge in [-0.2, -0.15) is 0 Å². The van der Waals surface area contributed by atoms with Crippen molar-refractivity contribution in [1.82, 2.24) is 24.6 Å². The highest BCUT2D eigenvalue weighted by Crippen LogP contribution is 2.27. The molecule has 0 spiro atoms. The standard InChI is InChI=1S/C23H27N5OS/c1-17-8-6-9-18(2)28(17)21(29)16-30-23-26-25-22(20-12-7-13-24-14-20)27(23)15-19-10-4-3-5-11-19/h3-5,7,10-14,17-18H,6,8-9,15-16H2,1-2H3. The first-order valence-electron chi connectivity index (χ1n) is 10.4. The maximum atomic E-state index is 13.0. The number of hydrogen-bond acceptors (Lipinski definition) is 5. The van der Waals surface area contributed by atoms with E-state index in [0.717, 1.165) is 34.9 Å². The summed E-state index contributed by atoms with van der Waals surface area (Å²) in [6.45, 7) is 4.94. The van der Waals surface area contributed by atoms with Crippen molar-refractivity contribution in [3.8, 4) is 11.4 Å². The number of pyridine rings is 1. The molecular weight excluding hydrogens is 394 g/mol. The molecular formula is C23H27N5OS. The Balaban J connectivity index is 1.56. The van der Waals surface area contributed by atoms with Crippen molar-refractivity contribution >= 4 is 17.7 Å². The van der Waals surface area contributed by atoms with Crippen LogP contribution in [-0.2, 0) is 11.3 Å². The Morgan fingerprint density at radius 3 is 2.53 bits per heavy atom. The normalized spacial score (nSPS) is 19.1. The van der Waals surface area contributed by atoms with Gasteiger partial charge in [-0.25, -0.2) is 0 Å². The molecule has 30 heavy (non-hydrogen) atoms. The molecule has 2 atom stereocenters. The van der Waals surface area contributed by atoms with Crippen LogP contribution in [0.3, 0.4) is 0 Å². The number of rotatable bonds is 6. The Morgan fingerprint density at radius 2 is 1.83 bits per heavy atom. The third kappa shape index (κ3) is 4.56. The number of nitrogens with zero attached hydrogens (tertiary/aromatic N) is 5. The van der Waals surface area contributed by atoms with Gasteiger partial charge in [-0.1, -0.05) is 42.1 Å². The van der Waals surface area contributed by atoms with Crippen LogP contribution < -0.4 is 0 Å². The van der Waals surface area contributed by atoms with Crippen molar-refractivity contribution < 1.29 is 4.79 Å². The molecule has 6 nitrogen and oxygen atoms in total. The third-order valence-electron chi connectivity index (χ3n) is 5.63. The lowest BCUT2D eigenvalue weighted by Crippen LogP contribution is -2.48. The average Bonchev–Trinajstić information content (AvgIpc) is 3.16. The molecule has 4 rings (SSSR count). The zero-order valence-electron chi connectivity index (χ0n) is 17.4. The number of aromatic nitrogens is 4. The van der Waals surface area contributed by atoms with Gasteiger partial charge in [0.15, 0.2) is 11.0 Å². The van der Waals surface area contributed by atoms with Crippen LogP contribution in [0.4, 0.5) is 0 Å². The second-order valence-electron chi connectivity index (χ2n) is 7.84. The molecule has 2 aromatic heterocycles. The van der Waals surface area contributed by atoms with E-state index in [9.17, 15) is 4.79 Å². The molecule has 3 aromatic rings. The summed E-state index contributed by atoms with van der Waals surface area (Å²) < 4.78 is 2.08. The van der Waals surface area contributed by atoms with Gasteiger partial charge in [0.2, 0.25) is 5.91 Å². The average molecular weight is 422 g/mol. The Bertz CT molecular complexity index is 966. The van der Waals surface area contributed by atoms with Gasteiger partial charge in [-0.3, -0.25) is 14.3 Å². The van der Waals surface area contributed by atoms with E-state index in [0.29, 0.717) is 24.4 Å². The molecule has 0 N–H and O–H groups in total. The highest BCUT2D eigenvalue weighted by molar-refractivity contribution is 7.99. The number of benzene rings is 1. The molecule has 3 heterocycles. The third-order valence-corrected chi connectivity index (χ3v) is 6.58. The van der Waals surface area contributed by atoms with Crippen LogP contribution in [0.25, 0.3) is 11.4 Å². The molecule has 1 fully saturated rings. The molecule has 156 valence electrons. The number of thioether (sulfide) groups is 1. The first-order chi connectivity index (χ1) is 14.6. The van der Waals surface area contributed by atoms with Gasteiger partial charge in [0.05, 0.1) is 12.3 Å². The van der Waals surface area contributed by atoms with Crippen molar-refractivity contribution in [2.75, 3.05) is 5.75 Å². The lowest BCUT2D eigenvalue weighted by atomic mass is 9.98. The zero-order valence-corrected chi connectivity index (χ0v) is 18.3. The fourth-order valence-electron chi connectivity index (χ4n) is 4.13. The minimum Gasteiger partial charge on any atom is -0.337 e. The summed E-state index contributed by atoms with van der Waals surface area (Å²) in [6.07, 6.45) is 6.89. The summed E-state index contributed by atoms with van der Waals surface area (Å²) in [7, 11) is 0. The van der Waals surface area contributed by atoms with E-state index in [1.165, 1.54) is 18.2 Å². The van der Waals surface area contributed by atoms with Crippen LogP contribution >= 0.6 is 11.8 Å². The molecule has 1 aliphatic rings. The molecule has 0 aliphatic carbocycles. The molecule has 0 radical (unpaired) electrons. The summed E-state index contributed by atoms with van der Waals surface area (Å²) in [5.41, 5.74) is 2.08. The Hall–Kier alpha value is -2.67. The van der Waals surface area contributed by atoms with Gasteiger partial charge < -0.3 is 4.90 Å². The van der Waals surface area contributed by atoms with Crippen molar-refractivity contribution in [2.45, 2.75) is 56.9 Å². The lowest BCUT2D eigenvalue weighted by Gasteiger charge is -2.39. The number of amides is 1. The second kappa shape index (κ2) is 9.43. The molecule has 1 aliphatic heterocycles. The fourth-order valence-corrected chi connectivity index (χ4v) is 4.93. The van der Waals surface area contributed by atoms with Crippen LogP contribution in [0.1, 0.15) is 38.7 Å². The summed E-state index contributed by atoms with van der Waals surface area (Å²) in [5.74, 6) is 1.31. The Kier molecular flexibility index (Phi) is 6.47. The van der Waals surface area contributed by atoms with E-state index in [-0.39, 0.29) is 5.91 Å². The van der Waals surface area contributed by atoms with E-state index in [1.54, 1.807) is 12.4 Å². The topological polar surface area (TPSA) is 63.9 Å². The zero-order chi connectivity index (χ0) is 20.9. The molecule has 1 saturated heterocycles. The highest BCUT2D eigenvalue weighted by atomic mass is 32.2. The summed E-state index contributed by atoms with van der Waals surface area (Å²) in [4.78, 5) is 19.3. The Labute approximate surface area is 181 Å². The van der Waals surface area contributed by atoms with Crippen molar-refractivity contribution in [3.05, 3.63) is 60.4 Å². The molecule has 1 amide bonds. The second-order valence-corrected chi connectivity index (χ2v) is 8.78. The summed E-state index contributed by atoms with van der Waals surface area (Å²) in [6, 6.07) is 14.7. The molecule has 2 unspecified atom stereocenters. The maximum absolute atomic E-state index is 13.0. The summed E-state index contributed by atoms with van der Waals surface area (Å²) in [5, 5.41) is 9.60. The molecule has 1 aromatic carbocycles. The largest absolute Gasteiger partial charge is 0.337 e. The molecule has 7 heteroatoms. The van der Waals surface area contributed by atoms with Crippen LogP contribution in [0.2, 0.25) is 0 Å². The molecule has 0 bridgehead atoms. The first kappa shape index (κ1) is 20.6. The monoisotopic (exact) mass is 421 g/mol. The minimum absolute atomic E-state index is 0.178. The van der Waals surface area contributed by atoms with Gasteiger partial charge in [0.25, 0.3) is 0 Å². The van der Waals surface area contributed by atoms with Crippen LogP contribution in [0.15, 0.2) is 60.0 Å². The Morgan fingerprint density at radius 1 is 1.07 bits per heavy atom. The fraction of sp³-hybridized carbons (Fsp3) is 0.391. The van der Waals surface area contributed by atoms with E-state index in [2.05, 4.69) is 50.6 Å². The highest BCUT2D eigenvalue weighted by Gasteiger charge is 2.29. The van der Waals surface area contributed by atoms with E-state index in [1.807, 2.05) is 30.3 Å². The number of likely N-dealkylation sites (tertiary alicyclic amines) is 1.